The Balaban J connectivity index is 1.89. The van der Waals surface area contributed by atoms with Crippen LogP contribution in [-0.2, 0) is 9.47 Å². The van der Waals surface area contributed by atoms with Crippen molar-refractivity contribution < 1.29 is 23.9 Å². The van der Waals surface area contributed by atoms with E-state index in [1.54, 1.807) is 45.0 Å². The van der Waals surface area contributed by atoms with Crippen molar-refractivity contribution in [3.8, 4) is 11.8 Å². The Morgan fingerprint density at radius 1 is 1.00 bits per heavy atom. The first-order chi connectivity index (χ1) is 17.1. The molecule has 8 nitrogen and oxygen atoms in total. The minimum atomic E-state index is -3.04. The second kappa shape index (κ2) is 13.2. The predicted molar refractivity (Wildman–Crippen MR) is 149 cm³/mol. The van der Waals surface area contributed by atoms with E-state index in [0.717, 1.165) is 3.33 Å². The first-order valence-corrected chi connectivity index (χ1v) is 17.5. The average Bonchev–Trinajstić information content (AvgIpc) is 3.19. The van der Waals surface area contributed by atoms with Crippen molar-refractivity contribution in [1.29, 1.82) is 0 Å². The molecule has 0 unspecified atom stereocenters. The van der Waals surface area contributed by atoms with Crippen LogP contribution >= 0.6 is 12.2 Å². The van der Waals surface area contributed by atoms with Gasteiger partial charge in [-0.05, 0) is 20.8 Å². The van der Waals surface area contributed by atoms with Gasteiger partial charge in [0.05, 0.1) is 0 Å². The normalized spacial score (nSPS) is 13.0. The zero-order valence-electron chi connectivity index (χ0n) is 22.2. The van der Waals surface area contributed by atoms with Crippen LogP contribution in [0, 0.1) is 11.8 Å². The Bertz CT molecular complexity index is 1170. The van der Waals surface area contributed by atoms with Gasteiger partial charge < -0.3 is 10.1 Å². The molecule has 0 aliphatic carbocycles. The third kappa shape index (κ3) is 11.0. The average molecular weight is 627 g/mol. The van der Waals surface area contributed by atoms with E-state index >= 15 is 0 Å². The van der Waals surface area contributed by atoms with E-state index in [1.165, 1.54) is 0 Å². The summed E-state index contributed by atoms with van der Waals surface area (Å²) in [6, 6.07) is 6.85. The van der Waals surface area contributed by atoms with Crippen molar-refractivity contribution in [1.82, 2.24) is 10.6 Å². The minimum absolute atomic E-state index is 0.147. The van der Waals surface area contributed by atoms with E-state index in [1.807, 2.05) is 30.7 Å². The molecule has 1 aromatic carbocycles. The van der Waals surface area contributed by atoms with Gasteiger partial charge in [-0.25, -0.2) is 4.79 Å². The summed E-state index contributed by atoms with van der Waals surface area (Å²) in [5.74, 6) is 5.55. The molecule has 0 radical (unpaired) electrons. The molecule has 1 aliphatic heterocycles. The SMILES string of the molecule is CC(C)(C)OC(=O)NCC#Cc1ccc(C(=O)NCC[C]2=CC(C(N)=S)=[CH][In]2[C](=O)OC(C)(C)C)cc1. The number of rotatable bonds is 7. The fourth-order valence-electron chi connectivity index (χ4n) is 3.29. The Morgan fingerprint density at radius 2 is 1.62 bits per heavy atom. The molecular weight excluding hydrogens is 593 g/mol. The third-order valence-corrected chi connectivity index (χ3v) is 12.4. The van der Waals surface area contributed by atoms with Gasteiger partial charge in [0.1, 0.15) is 5.60 Å². The molecule has 0 fully saturated rings. The Kier molecular flexibility index (Phi) is 10.8. The van der Waals surface area contributed by atoms with E-state index in [-0.39, 0.29) is 21.2 Å². The third-order valence-electron chi connectivity index (χ3n) is 4.83. The number of thiocarbonyl (C=S) groups is 1. The van der Waals surface area contributed by atoms with Crippen molar-refractivity contribution in [3.63, 3.8) is 0 Å². The zero-order chi connectivity index (χ0) is 27.8. The van der Waals surface area contributed by atoms with Crippen LogP contribution in [-0.4, -0.2) is 66.4 Å². The van der Waals surface area contributed by atoms with Gasteiger partial charge >= 0.3 is 192 Å². The van der Waals surface area contributed by atoms with Crippen molar-refractivity contribution in [2.24, 2.45) is 5.73 Å². The maximum absolute atomic E-state index is 12.7. The molecule has 0 aromatic heterocycles. The van der Waals surface area contributed by atoms with Gasteiger partial charge in [-0.15, -0.1) is 0 Å². The molecule has 1 aromatic rings. The van der Waals surface area contributed by atoms with Gasteiger partial charge in [0.25, 0.3) is 0 Å². The van der Waals surface area contributed by atoms with Gasteiger partial charge in [0.2, 0.25) is 0 Å². The molecule has 0 saturated carbocycles. The Hall–Kier alpha value is -2.77. The van der Waals surface area contributed by atoms with Gasteiger partial charge in [0.15, 0.2) is 0 Å². The van der Waals surface area contributed by atoms with E-state index < -0.39 is 38.7 Å². The summed E-state index contributed by atoms with van der Waals surface area (Å²) in [5.41, 5.74) is 6.56. The van der Waals surface area contributed by atoms with E-state index in [9.17, 15) is 14.4 Å². The number of amides is 2. The Labute approximate surface area is 231 Å². The predicted octanol–water partition coefficient (Wildman–Crippen LogP) is 3.93. The zero-order valence-corrected chi connectivity index (χ0v) is 26.3. The summed E-state index contributed by atoms with van der Waals surface area (Å²) in [6.07, 6.45) is 1.88. The van der Waals surface area contributed by atoms with Crippen LogP contribution in [0.2, 0.25) is 0 Å². The molecule has 1 aliphatic rings. The van der Waals surface area contributed by atoms with E-state index in [2.05, 4.69) is 22.5 Å². The Morgan fingerprint density at radius 3 is 2.19 bits per heavy atom. The summed E-state index contributed by atoms with van der Waals surface area (Å²) >= 11 is 2.05. The molecule has 2 rings (SSSR count). The molecule has 0 bridgehead atoms. The number of nitrogens with one attached hydrogen (secondary N) is 2. The quantitative estimate of drug-likeness (QED) is 0.310. The molecule has 2 amide bonds. The summed E-state index contributed by atoms with van der Waals surface area (Å²) in [6.45, 7) is 11.4. The number of hydrogen-bond acceptors (Lipinski definition) is 6. The monoisotopic (exact) mass is 627 g/mol. The summed E-state index contributed by atoms with van der Waals surface area (Å²) in [7, 11) is 0. The number of nitrogens with two attached hydrogens (primary N) is 1. The second-order valence-corrected chi connectivity index (χ2v) is 18.0. The van der Waals surface area contributed by atoms with Crippen LogP contribution in [0.25, 0.3) is 0 Å². The molecule has 0 saturated heterocycles. The maximum atomic E-state index is 12.7. The van der Waals surface area contributed by atoms with Crippen molar-refractivity contribution in [2.75, 3.05) is 13.1 Å². The standard InChI is InChI=1S/C22H25N3O3S.C5H9O2.In/c1-16(19(23)29)8-5-6-14-24-20(26)18-12-10-17(11-13-18)9-7-15-25-21(27)28-22(2,3)4;1-5(2,3)7-4-6;/h1,8,10-13H,6,14-15H2,2-4H3,(H2,23,29)(H,24,26)(H,25,27);1-3H3;. The van der Waals surface area contributed by atoms with Gasteiger partial charge in [-0.1, -0.05) is 0 Å². The number of alkyl carbamates (subject to hydrolysis) is 1. The number of benzene rings is 1. The number of hydrogen-bond donors (Lipinski definition) is 3. The van der Waals surface area contributed by atoms with E-state index in [4.69, 9.17) is 27.4 Å². The fraction of sp³-hybridized carbons (Fsp3) is 0.407. The van der Waals surface area contributed by atoms with Crippen molar-refractivity contribution in [2.45, 2.75) is 59.2 Å². The summed E-state index contributed by atoms with van der Waals surface area (Å²) < 4.78 is 13.5. The molecular formula is C27H34InN3O5S. The van der Waals surface area contributed by atoms with Gasteiger partial charge in [0, 0.05) is 0 Å². The van der Waals surface area contributed by atoms with Crippen LogP contribution in [0.5, 0.6) is 0 Å². The molecule has 10 heteroatoms. The van der Waals surface area contributed by atoms with Gasteiger partial charge in [-0.2, -0.15) is 0 Å². The fourth-order valence-corrected chi connectivity index (χ4v) is 11.1. The van der Waals surface area contributed by atoms with Crippen LogP contribution in [0.3, 0.4) is 0 Å². The van der Waals surface area contributed by atoms with Crippen LogP contribution in [0.15, 0.2) is 43.1 Å². The molecule has 37 heavy (non-hydrogen) atoms. The molecule has 1 heterocycles. The second-order valence-electron chi connectivity index (χ2n) is 10.5. The van der Waals surface area contributed by atoms with Crippen molar-refractivity contribution >= 4 is 54.4 Å². The number of carbonyl (C=O) groups excluding carboxylic acids is 3. The van der Waals surface area contributed by atoms with Crippen LogP contribution in [0.1, 0.15) is 63.9 Å². The molecule has 0 spiro atoms. The summed E-state index contributed by atoms with van der Waals surface area (Å²) in [5, 5.41) is 5.47. The first kappa shape index (κ1) is 30.5. The van der Waals surface area contributed by atoms with Crippen molar-refractivity contribution in [3.05, 3.63) is 54.2 Å². The topological polar surface area (TPSA) is 120 Å². The number of carbonyl (C=O) groups is 3. The van der Waals surface area contributed by atoms with Crippen LogP contribution in [0.4, 0.5) is 9.59 Å². The number of ether oxygens (including phenoxy) is 2. The molecule has 4 N–H and O–H groups in total. The van der Waals surface area contributed by atoms with Gasteiger partial charge in [-0.3, -0.25) is 0 Å². The first-order valence-electron chi connectivity index (χ1n) is 11.9. The van der Waals surface area contributed by atoms with Crippen LogP contribution < -0.4 is 16.4 Å². The molecule has 0 atom stereocenters. The summed E-state index contributed by atoms with van der Waals surface area (Å²) in [4.78, 5) is 37.2. The molecule has 196 valence electrons. The van der Waals surface area contributed by atoms with E-state index in [0.29, 0.717) is 29.7 Å².